The number of benzene rings is 1. The first kappa shape index (κ1) is 11.5. The summed E-state index contributed by atoms with van der Waals surface area (Å²) in [4.78, 5) is 0. The van der Waals surface area contributed by atoms with Gasteiger partial charge in [-0.2, -0.15) is 5.26 Å². The van der Waals surface area contributed by atoms with Crippen LogP contribution in [0, 0.1) is 11.3 Å². The molecule has 2 N–H and O–H groups in total. The first-order chi connectivity index (χ1) is 7.25. The Kier molecular flexibility index (Phi) is 4.65. The predicted molar refractivity (Wildman–Crippen MR) is 59.4 cm³/mol. The lowest BCUT2D eigenvalue weighted by Gasteiger charge is -2.13. The summed E-state index contributed by atoms with van der Waals surface area (Å²) < 4.78 is 5.57. The minimum Gasteiger partial charge on any atom is -0.493 e. The number of rotatable bonds is 5. The first-order valence-electron chi connectivity index (χ1n) is 5.10. The summed E-state index contributed by atoms with van der Waals surface area (Å²) in [6.45, 7) is 2.49. The van der Waals surface area contributed by atoms with Crippen molar-refractivity contribution in [2.24, 2.45) is 5.73 Å². The average Bonchev–Trinajstić information content (AvgIpc) is 2.25. The Morgan fingerprint density at radius 1 is 1.47 bits per heavy atom. The second-order valence-electron chi connectivity index (χ2n) is 3.44. The Morgan fingerprint density at radius 3 is 2.87 bits per heavy atom. The maximum atomic E-state index is 8.38. The summed E-state index contributed by atoms with van der Waals surface area (Å²) in [7, 11) is 0. The van der Waals surface area contributed by atoms with E-state index in [4.69, 9.17) is 15.7 Å². The summed E-state index contributed by atoms with van der Waals surface area (Å²) in [6, 6.07) is 9.79. The maximum absolute atomic E-state index is 8.38. The van der Waals surface area contributed by atoms with Gasteiger partial charge in [0, 0.05) is 18.0 Å². The number of nitrogens with zero attached hydrogens (tertiary/aromatic N) is 1. The van der Waals surface area contributed by atoms with Crippen molar-refractivity contribution in [1.29, 1.82) is 5.26 Å². The molecule has 80 valence electrons. The second kappa shape index (κ2) is 6.05. The van der Waals surface area contributed by atoms with E-state index >= 15 is 0 Å². The van der Waals surface area contributed by atoms with Crippen molar-refractivity contribution in [2.45, 2.75) is 25.8 Å². The molecular formula is C12H16N2O. The highest BCUT2D eigenvalue weighted by atomic mass is 16.5. The molecule has 1 aromatic rings. The third kappa shape index (κ3) is 3.61. The van der Waals surface area contributed by atoms with Crippen LogP contribution in [0.15, 0.2) is 24.3 Å². The molecule has 1 atom stereocenters. The van der Waals surface area contributed by atoms with E-state index in [-0.39, 0.29) is 6.04 Å². The predicted octanol–water partition coefficient (Wildman–Crippen LogP) is 2.39. The summed E-state index contributed by atoms with van der Waals surface area (Å²) >= 11 is 0. The van der Waals surface area contributed by atoms with E-state index in [1.807, 2.05) is 31.2 Å². The zero-order valence-corrected chi connectivity index (χ0v) is 8.94. The van der Waals surface area contributed by atoms with Crippen molar-refractivity contribution in [3.05, 3.63) is 29.8 Å². The second-order valence-corrected chi connectivity index (χ2v) is 3.44. The summed E-state index contributed by atoms with van der Waals surface area (Å²) in [5, 5.41) is 8.38. The minimum atomic E-state index is -0.0304. The van der Waals surface area contributed by atoms with E-state index in [0.29, 0.717) is 13.0 Å². The molecule has 0 amide bonds. The van der Waals surface area contributed by atoms with Gasteiger partial charge in [-0.1, -0.05) is 18.2 Å². The zero-order chi connectivity index (χ0) is 11.1. The van der Waals surface area contributed by atoms with E-state index in [2.05, 4.69) is 6.07 Å². The molecule has 0 aliphatic heterocycles. The fourth-order valence-corrected chi connectivity index (χ4v) is 1.32. The van der Waals surface area contributed by atoms with Crippen molar-refractivity contribution < 1.29 is 4.74 Å². The van der Waals surface area contributed by atoms with Crippen molar-refractivity contribution in [1.82, 2.24) is 0 Å². The number of unbranched alkanes of at least 4 members (excludes halogenated alkanes) is 1. The number of hydrogen-bond donors (Lipinski definition) is 1. The highest BCUT2D eigenvalue weighted by Crippen LogP contribution is 2.23. The van der Waals surface area contributed by atoms with Gasteiger partial charge in [-0.15, -0.1) is 0 Å². The zero-order valence-electron chi connectivity index (χ0n) is 8.94. The Labute approximate surface area is 90.5 Å². The van der Waals surface area contributed by atoms with Crippen molar-refractivity contribution in [2.75, 3.05) is 6.61 Å². The summed E-state index contributed by atoms with van der Waals surface area (Å²) in [5.41, 5.74) is 6.82. The highest BCUT2D eigenvalue weighted by molar-refractivity contribution is 5.35. The smallest absolute Gasteiger partial charge is 0.124 e. The number of hydrogen-bond acceptors (Lipinski definition) is 3. The van der Waals surface area contributed by atoms with Gasteiger partial charge in [0.25, 0.3) is 0 Å². The monoisotopic (exact) mass is 204 g/mol. The van der Waals surface area contributed by atoms with Crippen LogP contribution >= 0.6 is 0 Å². The van der Waals surface area contributed by atoms with Crippen LogP contribution in [-0.2, 0) is 0 Å². The van der Waals surface area contributed by atoms with Crippen LogP contribution in [0.5, 0.6) is 5.75 Å². The van der Waals surface area contributed by atoms with E-state index < -0.39 is 0 Å². The molecule has 0 aliphatic rings. The lowest BCUT2D eigenvalue weighted by atomic mass is 10.1. The molecule has 0 aliphatic carbocycles. The quantitative estimate of drug-likeness (QED) is 0.749. The molecule has 0 bridgehead atoms. The summed E-state index contributed by atoms with van der Waals surface area (Å²) in [5.74, 6) is 0.824. The van der Waals surface area contributed by atoms with Crippen molar-refractivity contribution in [3.8, 4) is 11.8 Å². The van der Waals surface area contributed by atoms with Gasteiger partial charge in [0.05, 0.1) is 12.7 Å². The van der Waals surface area contributed by atoms with E-state index in [1.54, 1.807) is 0 Å². The maximum Gasteiger partial charge on any atom is 0.124 e. The van der Waals surface area contributed by atoms with E-state index in [0.717, 1.165) is 17.7 Å². The Balaban J connectivity index is 2.56. The van der Waals surface area contributed by atoms with Crippen LogP contribution in [0.25, 0.3) is 0 Å². The van der Waals surface area contributed by atoms with Gasteiger partial charge in [0.15, 0.2) is 0 Å². The molecule has 1 aromatic carbocycles. The normalized spacial score (nSPS) is 11.8. The Morgan fingerprint density at radius 2 is 2.20 bits per heavy atom. The van der Waals surface area contributed by atoms with Crippen LogP contribution in [0.1, 0.15) is 31.4 Å². The first-order valence-corrected chi connectivity index (χ1v) is 5.10. The van der Waals surface area contributed by atoms with Gasteiger partial charge in [0.1, 0.15) is 5.75 Å². The molecule has 1 rings (SSSR count). The van der Waals surface area contributed by atoms with Gasteiger partial charge in [-0.3, -0.25) is 0 Å². The molecule has 0 radical (unpaired) electrons. The molecule has 0 heterocycles. The lowest BCUT2D eigenvalue weighted by Crippen LogP contribution is -2.08. The van der Waals surface area contributed by atoms with E-state index in [9.17, 15) is 0 Å². The molecule has 0 unspecified atom stereocenters. The van der Waals surface area contributed by atoms with Crippen LogP contribution in [0.3, 0.4) is 0 Å². The largest absolute Gasteiger partial charge is 0.493 e. The lowest BCUT2D eigenvalue weighted by molar-refractivity contribution is 0.308. The molecule has 3 nitrogen and oxygen atoms in total. The Bertz CT molecular complexity index is 342. The standard InChI is InChI=1S/C12H16N2O/c1-10(14)11-6-2-3-7-12(11)15-9-5-4-8-13/h2-3,6-7,10H,4-5,9,14H2,1H3/t10-/m1/s1. The third-order valence-electron chi connectivity index (χ3n) is 2.10. The van der Waals surface area contributed by atoms with Gasteiger partial charge in [-0.05, 0) is 19.4 Å². The van der Waals surface area contributed by atoms with E-state index in [1.165, 1.54) is 0 Å². The molecule has 15 heavy (non-hydrogen) atoms. The number of ether oxygens (including phenoxy) is 1. The average molecular weight is 204 g/mol. The number of nitrogens with two attached hydrogens (primary N) is 1. The fraction of sp³-hybridized carbons (Fsp3) is 0.417. The highest BCUT2D eigenvalue weighted by Gasteiger charge is 2.06. The number of nitriles is 1. The molecular weight excluding hydrogens is 188 g/mol. The molecule has 0 fully saturated rings. The van der Waals surface area contributed by atoms with Gasteiger partial charge in [-0.25, -0.2) is 0 Å². The van der Waals surface area contributed by atoms with Gasteiger partial charge < -0.3 is 10.5 Å². The van der Waals surface area contributed by atoms with Crippen LogP contribution < -0.4 is 10.5 Å². The van der Waals surface area contributed by atoms with Gasteiger partial charge >= 0.3 is 0 Å². The van der Waals surface area contributed by atoms with Crippen LogP contribution in [-0.4, -0.2) is 6.61 Å². The van der Waals surface area contributed by atoms with Crippen LogP contribution in [0.2, 0.25) is 0 Å². The molecule has 0 saturated heterocycles. The van der Waals surface area contributed by atoms with Crippen LogP contribution in [0.4, 0.5) is 0 Å². The van der Waals surface area contributed by atoms with Crippen molar-refractivity contribution >= 4 is 0 Å². The molecule has 0 saturated carbocycles. The summed E-state index contributed by atoms with van der Waals surface area (Å²) in [6.07, 6.45) is 1.28. The molecule has 3 heteroatoms. The Hall–Kier alpha value is -1.53. The molecule has 0 aromatic heterocycles. The molecule has 0 spiro atoms. The van der Waals surface area contributed by atoms with Gasteiger partial charge in [0.2, 0.25) is 0 Å². The van der Waals surface area contributed by atoms with Crippen molar-refractivity contribution in [3.63, 3.8) is 0 Å². The topological polar surface area (TPSA) is 59.0 Å². The number of para-hydroxylation sites is 1. The minimum absolute atomic E-state index is 0.0304. The fourth-order valence-electron chi connectivity index (χ4n) is 1.32. The SMILES string of the molecule is C[C@@H](N)c1ccccc1OCCCC#N. The third-order valence-corrected chi connectivity index (χ3v) is 2.10.